The SMILES string of the molecule is C=C(C)C(=O)O.C=C([SiH2]O[SiH3])C(=O)OCCCC. The van der Waals surface area contributed by atoms with Crippen LogP contribution < -0.4 is 0 Å². The molecule has 0 aromatic heterocycles. The Labute approximate surface area is 113 Å². The maximum absolute atomic E-state index is 11.1. The predicted molar refractivity (Wildman–Crippen MR) is 77.0 cm³/mol. The van der Waals surface area contributed by atoms with E-state index < -0.39 is 15.7 Å². The summed E-state index contributed by atoms with van der Waals surface area (Å²) in [6, 6.07) is 0. The number of carbonyl (C=O) groups is 2. The van der Waals surface area contributed by atoms with Gasteiger partial charge in [0.05, 0.1) is 6.61 Å². The fraction of sp³-hybridized carbons (Fsp3) is 0.455. The van der Waals surface area contributed by atoms with Gasteiger partial charge < -0.3 is 14.0 Å². The van der Waals surface area contributed by atoms with Crippen molar-refractivity contribution in [2.24, 2.45) is 0 Å². The first-order chi connectivity index (χ1) is 8.36. The minimum atomic E-state index is -0.935. The highest BCUT2D eigenvalue weighted by Crippen LogP contribution is 1.95. The maximum Gasteiger partial charge on any atom is 0.331 e. The Balaban J connectivity index is 0. The molecule has 0 saturated carbocycles. The second kappa shape index (κ2) is 12.3. The van der Waals surface area contributed by atoms with Crippen LogP contribution in [0.25, 0.3) is 0 Å². The first-order valence-electron chi connectivity index (χ1n) is 5.59. The average molecular weight is 290 g/mol. The van der Waals surface area contributed by atoms with Gasteiger partial charge in [0.15, 0.2) is 9.76 Å². The van der Waals surface area contributed by atoms with Crippen molar-refractivity contribution in [3.05, 3.63) is 23.9 Å². The van der Waals surface area contributed by atoms with E-state index in [2.05, 4.69) is 20.1 Å². The van der Waals surface area contributed by atoms with Gasteiger partial charge in [0.2, 0.25) is 0 Å². The van der Waals surface area contributed by atoms with E-state index >= 15 is 0 Å². The van der Waals surface area contributed by atoms with E-state index in [9.17, 15) is 9.59 Å². The smallest absolute Gasteiger partial charge is 0.331 e. The molecule has 0 atom stereocenters. The third kappa shape index (κ3) is 12.9. The lowest BCUT2D eigenvalue weighted by atomic mass is 10.4. The molecule has 7 heteroatoms. The molecule has 5 nitrogen and oxygen atoms in total. The monoisotopic (exact) mass is 290 g/mol. The van der Waals surface area contributed by atoms with Crippen LogP contribution >= 0.6 is 0 Å². The zero-order chi connectivity index (χ0) is 14.6. The number of carboxylic acid groups (broad SMARTS) is 1. The van der Waals surface area contributed by atoms with E-state index in [1.807, 2.05) is 0 Å². The summed E-state index contributed by atoms with van der Waals surface area (Å²) in [7, 11) is -0.161. The van der Waals surface area contributed by atoms with Crippen LogP contribution in [-0.4, -0.2) is 43.9 Å². The van der Waals surface area contributed by atoms with Crippen LogP contribution in [0.4, 0.5) is 0 Å². The van der Waals surface area contributed by atoms with Crippen LogP contribution in [0.2, 0.25) is 0 Å². The Bertz CT molecular complexity index is 290. The zero-order valence-electron chi connectivity index (χ0n) is 11.3. The topological polar surface area (TPSA) is 72.8 Å². The van der Waals surface area contributed by atoms with Gasteiger partial charge in [-0.1, -0.05) is 26.5 Å². The van der Waals surface area contributed by atoms with E-state index in [1.54, 1.807) is 0 Å². The van der Waals surface area contributed by atoms with Crippen LogP contribution in [0, 0.1) is 0 Å². The second-order valence-corrected chi connectivity index (χ2v) is 7.06. The first-order valence-corrected chi connectivity index (χ1v) is 7.69. The molecular weight excluding hydrogens is 268 g/mol. The number of unbranched alkanes of at least 4 members (excludes halogenated alkanes) is 1. The summed E-state index contributed by atoms with van der Waals surface area (Å²) >= 11 is 0. The second-order valence-electron chi connectivity index (χ2n) is 3.61. The van der Waals surface area contributed by atoms with Crippen LogP contribution in [0.5, 0.6) is 0 Å². The molecule has 0 radical (unpaired) electrons. The minimum absolute atomic E-state index is 0.176. The summed E-state index contributed by atoms with van der Waals surface area (Å²) in [4.78, 5) is 20.7. The fourth-order valence-electron chi connectivity index (χ4n) is 0.644. The van der Waals surface area contributed by atoms with E-state index in [0.29, 0.717) is 22.3 Å². The first kappa shape index (κ1) is 19.2. The highest BCUT2D eigenvalue weighted by Gasteiger charge is 2.07. The molecule has 0 aliphatic rings. The van der Waals surface area contributed by atoms with Gasteiger partial charge in [-0.25, -0.2) is 9.59 Å². The van der Waals surface area contributed by atoms with Gasteiger partial charge in [0.25, 0.3) is 0 Å². The van der Waals surface area contributed by atoms with Gasteiger partial charge in [-0.15, -0.1) is 0 Å². The van der Waals surface area contributed by atoms with Gasteiger partial charge >= 0.3 is 11.9 Å². The van der Waals surface area contributed by atoms with E-state index in [-0.39, 0.29) is 11.5 Å². The molecule has 18 heavy (non-hydrogen) atoms. The van der Waals surface area contributed by atoms with Crippen molar-refractivity contribution in [1.29, 1.82) is 0 Å². The molecule has 0 amide bonds. The number of carbonyl (C=O) groups excluding carboxylic acids is 1. The number of hydrogen-bond acceptors (Lipinski definition) is 4. The molecule has 0 rings (SSSR count). The Morgan fingerprint density at radius 2 is 1.89 bits per heavy atom. The molecule has 0 aromatic rings. The Morgan fingerprint density at radius 3 is 2.22 bits per heavy atom. The fourth-order valence-corrected chi connectivity index (χ4v) is 2.26. The van der Waals surface area contributed by atoms with Crippen molar-refractivity contribution in [2.45, 2.75) is 26.7 Å². The summed E-state index contributed by atoms with van der Waals surface area (Å²) in [5, 5.41) is 8.43. The quantitative estimate of drug-likeness (QED) is 0.306. The van der Waals surface area contributed by atoms with Crippen molar-refractivity contribution in [3.8, 4) is 0 Å². The lowest BCUT2D eigenvalue weighted by molar-refractivity contribution is -0.138. The minimum Gasteiger partial charge on any atom is -0.478 e. The van der Waals surface area contributed by atoms with Gasteiger partial charge in [-0.3, -0.25) is 0 Å². The molecule has 1 N–H and O–H groups in total. The molecule has 0 heterocycles. The number of rotatable bonds is 7. The lowest BCUT2D eigenvalue weighted by Crippen LogP contribution is -2.14. The zero-order valence-corrected chi connectivity index (χ0v) is 14.7. The van der Waals surface area contributed by atoms with Crippen LogP contribution in [0.1, 0.15) is 26.7 Å². The molecule has 0 aromatic carbocycles. The maximum atomic E-state index is 11.1. The van der Waals surface area contributed by atoms with Crippen LogP contribution in [0.15, 0.2) is 23.9 Å². The third-order valence-electron chi connectivity index (χ3n) is 1.70. The molecule has 0 aliphatic heterocycles. The number of hydrogen-bond donors (Lipinski definition) is 1. The van der Waals surface area contributed by atoms with E-state index in [1.165, 1.54) is 6.92 Å². The Kier molecular flexibility index (Phi) is 13.1. The summed E-state index contributed by atoms with van der Waals surface area (Å²) < 4.78 is 9.94. The molecule has 0 spiro atoms. The van der Waals surface area contributed by atoms with Crippen LogP contribution in [0.3, 0.4) is 0 Å². The number of ether oxygens (including phenoxy) is 1. The number of aliphatic carboxylic acids is 1. The van der Waals surface area contributed by atoms with Crippen molar-refractivity contribution in [2.75, 3.05) is 6.61 Å². The summed E-state index contributed by atoms with van der Waals surface area (Å²) in [6.45, 7) is 10.8. The summed E-state index contributed by atoms with van der Waals surface area (Å²) in [6.07, 6.45) is 1.96. The molecule has 104 valence electrons. The molecular formula is C11H22O5Si2. The average Bonchev–Trinajstić information content (AvgIpc) is 2.30. The molecule has 0 fully saturated rings. The van der Waals surface area contributed by atoms with E-state index in [4.69, 9.17) is 14.0 Å². The highest BCUT2D eigenvalue weighted by atomic mass is 28.3. The molecule has 0 unspecified atom stereocenters. The molecule has 0 saturated heterocycles. The summed E-state index contributed by atoms with van der Waals surface area (Å²) in [5.74, 6) is -1.21. The van der Waals surface area contributed by atoms with E-state index in [0.717, 1.165) is 12.8 Å². The van der Waals surface area contributed by atoms with Crippen molar-refractivity contribution in [3.63, 3.8) is 0 Å². The van der Waals surface area contributed by atoms with Crippen molar-refractivity contribution < 1.29 is 23.5 Å². The normalized spacial score (nSPS) is 9.67. The molecule has 0 bridgehead atoms. The van der Waals surface area contributed by atoms with Crippen molar-refractivity contribution >= 4 is 32.2 Å². The van der Waals surface area contributed by atoms with Gasteiger partial charge in [-0.05, 0) is 13.3 Å². The highest BCUT2D eigenvalue weighted by molar-refractivity contribution is 6.50. The third-order valence-corrected chi connectivity index (χ3v) is 3.50. The van der Waals surface area contributed by atoms with Gasteiger partial charge in [-0.2, -0.15) is 0 Å². The van der Waals surface area contributed by atoms with Crippen LogP contribution in [-0.2, 0) is 18.4 Å². The molecule has 0 aliphatic carbocycles. The van der Waals surface area contributed by atoms with Gasteiger partial charge in [0, 0.05) is 10.8 Å². The largest absolute Gasteiger partial charge is 0.478 e. The Morgan fingerprint density at radius 1 is 1.39 bits per heavy atom. The number of esters is 1. The summed E-state index contributed by atoms with van der Waals surface area (Å²) in [5.41, 5.74) is 0.176. The Hall–Kier alpha value is -1.19. The standard InChI is InChI=1S/C7H16O3Si2.C4H6O2/c1-3-4-5-9-7(8)6(2)12-10-11;1-3(2)4(5)6/h2-5,12H2,1,11H3;1H2,2H3,(H,5,6). The van der Waals surface area contributed by atoms with Crippen molar-refractivity contribution in [1.82, 2.24) is 0 Å². The lowest BCUT2D eigenvalue weighted by Gasteiger charge is -2.04. The van der Waals surface area contributed by atoms with Gasteiger partial charge in [0.1, 0.15) is 10.5 Å². The predicted octanol–water partition coefficient (Wildman–Crippen LogP) is -0.129. The number of carboxylic acids is 1.